The summed E-state index contributed by atoms with van der Waals surface area (Å²) in [6.07, 6.45) is -2.84. The molecule has 0 saturated heterocycles. The maximum atomic E-state index is 12.6. The Morgan fingerprint density at radius 1 is 1.17 bits per heavy atom. The molecule has 0 fully saturated rings. The van der Waals surface area contributed by atoms with Gasteiger partial charge in [0, 0.05) is 12.4 Å². The lowest BCUT2D eigenvalue weighted by molar-refractivity contribution is -0.141. The number of nitrogens with one attached hydrogen (secondary N) is 1. The number of hydrogen-bond donors (Lipinski definition) is 1. The van der Waals surface area contributed by atoms with Gasteiger partial charge in [-0.1, -0.05) is 0 Å². The lowest BCUT2D eigenvalue weighted by Crippen LogP contribution is -2.30. The molecule has 0 aliphatic rings. The lowest BCUT2D eigenvalue weighted by Gasteiger charge is -2.14. The van der Waals surface area contributed by atoms with Crippen LogP contribution in [0.25, 0.3) is 5.82 Å². The number of sulfonamides is 1. The average molecular weight is 374 g/mol. The van der Waals surface area contributed by atoms with Gasteiger partial charge >= 0.3 is 21.7 Å². The second-order valence-corrected chi connectivity index (χ2v) is 6.25. The molecule has 0 atom stereocenters. The van der Waals surface area contributed by atoms with Crippen molar-refractivity contribution in [3.63, 3.8) is 0 Å². The van der Waals surface area contributed by atoms with Gasteiger partial charge in [-0.15, -0.1) is 0 Å². The van der Waals surface area contributed by atoms with Crippen molar-refractivity contribution >= 4 is 15.7 Å². The topological polar surface area (TPSA) is 76.9 Å². The summed E-state index contributed by atoms with van der Waals surface area (Å²) in [4.78, 5) is 3.65. The fourth-order valence-corrected chi connectivity index (χ4v) is 2.17. The third kappa shape index (κ3) is 3.60. The highest BCUT2D eigenvalue weighted by Crippen LogP contribution is 2.30. The summed E-state index contributed by atoms with van der Waals surface area (Å²) >= 11 is 0. The van der Waals surface area contributed by atoms with Gasteiger partial charge in [0.05, 0.1) is 5.69 Å². The largest absolute Gasteiger partial charge is 0.516 e. The van der Waals surface area contributed by atoms with Crippen molar-refractivity contribution in [2.75, 3.05) is 4.72 Å². The second kappa shape index (κ2) is 5.65. The Morgan fingerprint density at radius 3 is 2.29 bits per heavy atom. The van der Waals surface area contributed by atoms with E-state index in [0.717, 1.165) is 18.5 Å². The smallest absolute Gasteiger partial charge is 0.272 e. The molecule has 2 aromatic rings. The third-order valence-corrected chi connectivity index (χ3v) is 3.75. The Bertz CT molecular complexity index is 856. The SMILES string of the molecule is Cc1cnc(-n2ccc(C(F)(F)F)n2)c(NS(=O)(=O)C(F)(F)F)c1. The Hall–Kier alpha value is -2.31. The molecule has 13 heteroatoms. The Labute approximate surface area is 131 Å². The van der Waals surface area contributed by atoms with Gasteiger partial charge < -0.3 is 0 Å². The number of nitrogens with zero attached hydrogens (tertiary/aromatic N) is 3. The van der Waals surface area contributed by atoms with Crippen molar-refractivity contribution in [2.45, 2.75) is 18.6 Å². The summed E-state index contributed by atoms with van der Waals surface area (Å²) in [5.41, 5.74) is -7.30. The highest BCUT2D eigenvalue weighted by molar-refractivity contribution is 7.93. The van der Waals surface area contributed by atoms with Crippen molar-refractivity contribution in [1.82, 2.24) is 14.8 Å². The molecule has 0 spiro atoms. The van der Waals surface area contributed by atoms with Crippen molar-refractivity contribution in [2.24, 2.45) is 0 Å². The predicted molar refractivity (Wildman–Crippen MR) is 69.7 cm³/mol. The van der Waals surface area contributed by atoms with E-state index in [9.17, 15) is 34.8 Å². The van der Waals surface area contributed by atoms with Gasteiger partial charge in [0.25, 0.3) is 0 Å². The van der Waals surface area contributed by atoms with Gasteiger partial charge in [-0.2, -0.15) is 39.9 Å². The molecule has 0 unspecified atom stereocenters. The molecule has 2 rings (SSSR count). The van der Waals surface area contributed by atoms with Gasteiger partial charge in [0.15, 0.2) is 11.5 Å². The first-order valence-corrected chi connectivity index (χ1v) is 7.48. The van der Waals surface area contributed by atoms with Gasteiger partial charge in [0.2, 0.25) is 0 Å². The number of halogens is 6. The molecule has 0 saturated carbocycles. The summed E-state index contributed by atoms with van der Waals surface area (Å²) in [7, 11) is -5.77. The number of anilines is 1. The van der Waals surface area contributed by atoms with Crippen LogP contribution in [0.5, 0.6) is 0 Å². The van der Waals surface area contributed by atoms with Crippen LogP contribution in [0.2, 0.25) is 0 Å². The van der Waals surface area contributed by atoms with Crippen LogP contribution in [0.4, 0.5) is 32.0 Å². The molecule has 0 aliphatic heterocycles. The maximum Gasteiger partial charge on any atom is 0.516 e. The lowest BCUT2D eigenvalue weighted by atomic mass is 10.3. The van der Waals surface area contributed by atoms with E-state index in [1.807, 2.05) is 0 Å². The summed E-state index contributed by atoms with van der Waals surface area (Å²) in [6, 6.07) is 1.56. The van der Waals surface area contributed by atoms with E-state index in [4.69, 9.17) is 0 Å². The number of alkyl halides is 6. The molecule has 0 radical (unpaired) electrons. The minimum atomic E-state index is -5.77. The zero-order valence-corrected chi connectivity index (χ0v) is 12.5. The van der Waals surface area contributed by atoms with Gasteiger partial charge in [-0.05, 0) is 24.6 Å². The van der Waals surface area contributed by atoms with E-state index >= 15 is 0 Å². The third-order valence-electron chi connectivity index (χ3n) is 2.65. The average Bonchev–Trinajstić information content (AvgIpc) is 2.86. The minimum absolute atomic E-state index is 0.279. The van der Waals surface area contributed by atoms with Crippen LogP contribution >= 0.6 is 0 Å². The maximum absolute atomic E-state index is 12.6. The number of pyridine rings is 1. The fraction of sp³-hybridized carbons (Fsp3) is 0.273. The first kappa shape index (κ1) is 18.0. The zero-order chi connectivity index (χ0) is 18.3. The van der Waals surface area contributed by atoms with Crippen molar-refractivity contribution in [1.29, 1.82) is 0 Å². The zero-order valence-electron chi connectivity index (χ0n) is 11.6. The minimum Gasteiger partial charge on any atom is -0.272 e. The first-order chi connectivity index (χ1) is 10.8. The van der Waals surface area contributed by atoms with Crippen LogP contribution < -0.4 is 4.72 Å². The van der Waals surface area contributed by atoms with E-state index in [2.05, 4.69) is 10.1 Å². The van der Waals surface area contributed by atoms with Crippen LogP contribution in [0.1, 0.15) is 11.3 Å². The highest BCUT2D eigenvalue weighted by Gasteiger charge is 2.46. The molecule has 0 aromatic carbocycles. The standard InChI is InChI=1S/C11H8F6N4O2S/c1-6-4-7(20-24(22,23)11(15,16)17)9(18-5-6)21-3-2-8(19-21)10(12,13)14/h2-5,20H,1H3. The van der Waals surface area contributed by atoms with Crippen LogP contribution in [-0.4, -0.2) is 28.7 Å². The van der Waals surface area contributed by atoms with Gasteiger partial charge in [-0.3, -0.25) is 4.72 Å². The summed E-state index contributed by atoms with van der Waals surface area (Å²) in [5, 5.41) is 3.15. The van der Waals surface area contributed by atoms with Crippen LogP contribution in [0.3, 0.4) is 0 Å². The monoisotopic (exact) mass is 374 g/mol. The molecule has 0 aliphatic carbocycles. The fourth-order valence-electron chi connectivity index (χ4n) is 1.62. The Balaban J connectivity index is 2.52. The predicted octanol–water partition coefficient (Wildman–Crippen LogP) is 2.86. The van der Waals surface area contributed by atoms with E-state index in [0.29, 0.717) is 10.7 Å². The molecule has 24 heavy (non-hydrogen) atoms. The molecule has 2 heterocycles. The summed E-state index contributed by atoms with van der Waals surface area (Å²) in [5.74, 6) is -0.538. The van der Waals surface area contributed by atoms with Gasteiger partial charge in [0.1, 0.15) is 0 Å². The molecule has 0 bridgehead atoms. The normalized spacial score (nSPS) is 13.1. The van der Waals surface area contributed by atoms with E-state index in [1.54, 1.807) is 0 Å². The summed E-state index contributed by atoms with van der Waals surface area (Å²) < 4.78 is 99.3. The number of aromatic nitrogens is 3. The molecule has 1 N–H and O–H groups in total. The quantitative estimate of drug-likeness (QED) is 0.839. The highest BCUT2D eigenvalue weighted by atomic mass is 32.2. The summed E-state index contributed by atoms with van der Waals surface area (Å²) in [6.45, 7) is 1.41. The number of hydrogen-bond acceptors (Lipinski definition) is 4. The van der Waals surface area contributed by atoms with Gasteiger partial charge in [-0.25, -0.2) is 9.67 Å². The molecule has 2 aromatic heterocycles. The van der Waals surface area contributed by atoms with E-state index in [-0.39, 0.29) is 5.56 Å². The second-order valence-electron chi connectivity index (χ2n) is 4.58. The molecule has 6 nitrogen and oxygen atoms in total. The van der Waals surface area contributed by atoms with E-state index < -0.39 is 38.9 Å². The van der Waals surface area contributed by atoms with Crippen molar-refractivity contribution in [3.05, 3.63) is 35.8 Å². The number of aryl methyl sites for hydroxylation is 1. The first-order valence-electron chi connectivity index (χ1n) is 6.00. The number of rotatable bonds is 3. The van der Waals surface area contributed by atoms with Crippen molar-refractivity contribution < 1.29 is 34.8 Å². The molecular weight excluding hydrogens is 366 g/mol. The van der Waals surface area contributed by atoms with Crippen LogP contribution in [0.15, 0.2) is 24.5 Å². The molecular formula is C11H8F6N4O2S. The van der Waals surface area contributed by atoms with Crippen LogP contribution in [-0.2, 0) is 16.2 Å². The van der Waals surface area contributed by atoms with Crippen LogP contribution in [0, 0.1) is 6.92 Å². The Kier molecular flexibility index (Phi) is 4.24. The van der Waals surface area contributed by atoms with E-state index in [1.165, 1.54) is 11.6 Å². The van der Waals surface area contributed by atoms with Crippen molar-refractivity contribution in [3.8, 4) is 5.82 Å². The Morgan fingerprint density at radius 2 is 1.79 bits per heavy atom. The molecule has 0 amide bonds. The molecule has 132 valence electrons.